The Hall–Kier alpha value is -1.09. The molecule has 1 aromatic carbocycles. The Bertz CT molecular complexity index is 345. The van der Waals surface area contributed by atoms with E-state index in [-0.39, 0.29) is 11.4 Å². The van der Waals surface area contributed by atoms with E-state index in [2.05, 4.69) is 5.32 Å². The van der Waals surface area contributed by atoms with Crippen molar-refractivity contribution in [3.63, 3.8) is 0 Å². The second kappa shape index (κ2) is 3.24. The lowest BCUT2D eigenvalue weighted by atomic mass is 10.2. The summed E-state index contributed by atoms with van der Waals surface area (Å²) in [5.74, 6) is -0.163. The smallest absolute Gasteiger partial charge is 0.126 e. The molecule has 0 atom stereocenters. The van der Waals surface area contributed by atoms with E-state index in [0.29, 0.717) is 5.56 Å². The highest BCUT2D eigenvalue weighted by Crippen LogP contribution is 2.32. The minimum Gasteiger partial charge on any atom is -0.383 e. The van der Waals surface area contributed by atoms with E-state index in [4.69, 9.17) is 5.73 Å². The van der Waals surface area contributed by atoms with Gasteiger partial charge in [0.15, 0.2) is 0 Å². The minimum absolute atomic E-state index is 0.0116. The van der Waals surface area contributed by atoms with Gasteiger partial charge in [-0.1, -0.05) is 0 Å². The first-order chi connectivity index (χ1) is 6.59. The average molecular weight is 194 g/mol. The van der Waals surface area contributed by atoms with Crippen LogP contribution in [0.2, 0.25) is 0 Å². The van der Waals surface area contributed by atoms with Gasteiger partial charge in [0.2, 0.25) is 0 Å². The highest BCUT2D eigenvalue weighted by molar-refractivity contribution is 5.46. The van der Waals surface area contributed by atoms with Gasteiger partial charge in [0.25, 0.3) is 0 Å². The molecule has 0 aromatic heterocycles. The van der Waals surface area contributed by atoms with Gasteiger partial charge in [-0.05, 0) is 43.5 Å². The molecule has 0 heterocycles. The summed E-state index contributed by atoms with van der Waals surface area (Å²) in [5.41, 5.74) is 7.52. The van der Waals surface area contributed by atoms with Gasteiger partial charge in [-0.25, -0.2) is 4.39 Å². The lowest BCUT2D eigenvalue weighted by molar-refractivity contribution is 0.618. The van der Waals surface area contributed by atoms with Crippen molar-refractivity contribution in [2.45, 2.75) is 25.3 Å². The fraction of sp³-hybridized carbons (Fsp3) is 0.455. The monoisotopic (exact) mass is 194 g/mol. The van der Waals surface area contributed by atoms with Crippen LogP contribution in [-0.4, -0.2) is 12.1 Å². The number of hydrogen-bond donors (Lipinski definition) is 2. The van der Waals surface area contributed by atoms with Crippen molar-refractivity contribution >= 4 is 5.69 Å². The standard InChI is InChI=1S/C11H15FN2/c1-8-6-9(2-3-10(8)12)14-7-11(13)4-5-11/h2-3,6,14H,4-5,7,13H2,1H3. The van der Waals surface area contributed by atoms with E-state index < -0.39 is 0 Å². The summed E-state index contributed by atoms with van der Waals surface area (Å²) < 4.78 is 12.9. The molecule has 1 saturated carbocycles. The number of benzene rings is 1. The van der Waals surface area contributed by atoms with Gasteiger partial charge in [0, 0.05) is 17.8 Å². The number of aryl methyl sites for hydroxylation is 1. The van der Waals surface area contributed by atoms with E-state index >= 15 is 0 Å². The fourth-order valence-corrected chi connectivity index (χ4v) is 1.37. The fourth-order valence-electron chi connectivity index (χ4n) is 1.37. The van der Waals surface area contributed by atoms with Crippen LogP contribution in [0, 0.1) is 12.7 Å². The molecule has 0 bridgehead atoms. The largest absolute Gasteiger partial charge is 0.383 e. The van der Waals surface area contributed by atoms with Gasteiger partial charge in [-0.15, -0.1) is 0 Å². The Kier molecular flexibility index (Phi) is 2.19. The van der Waals surface area contributed by atoms with Crippen molar-refractivity contribution in [1.82, 2.24) is 0 Å². The molecule has 1 fully saturated rings. The molecule has 2 rings (SSSR count). The van der Waals surface area contributed by atoms with Crippen LogP contribution in [0.3, 0.4) is 0 Å². The van der Waals surface area contributed by atoms with Crippen LogP contribution in [0.4, 0.5) is 10.1 Å². The van der Waals surface area contributed by atoms with E-state index in [0.717, 1.165) is 25.1 Å². The van der Waals surface area contributed by atoms with E-state index in [1.807, 2.05) is 0 Å². The zero-order valence-electron chi connectivity index (χ0n) is 8.31. The first-order valence-electron chi connectivity index (χ1n) is 4.88. The third-order valence-corrected chi connectivity index (χ3v) is 2.69. The quantitative estimate of drug-likeness (QED) is 0.772. The number of anilines is 1. The maximum absolute atomic E-state index is 12.9. The van der Waals surface area contributed by atoms with Gasteiger partial charge in [0.05, 0.1) is 0 Å². The first-order valence-corrected chi connectivity index (χ1v) is 4.88. The summed E-state index contributed by atoms with van der Waals surface area (Å²) >= 11 is 0. The molecule has 0 unspecified atom stereocenters. The van der Waals surface area contributed by atoms with E-state index in [1.54, 1.807) is 19.1 Å². The molecule has 76 valence electrons. The lowest BCUT2D eigenvalue weighted by Gasteiger charge is -2.12. The minimum atomic E-state index is -0.163. The van der Waals surface area contributed by atoms with Gasteiger partial charge in [-0.3, -0.25) is 0 Å². The zero-order chi connectivity index (χ0) is 10.2. The van der Waals surface area contributed by atoms with Crippen LogP contribution in [0.15, 0.2) is 18.2 Å². The van der Waals surface area contributed by atoms with Crippen LogP contribution >= 0.6 is 0 Å². The topological polar surface area (TPSA) is 38.0 Å². The molecule has 2 nitrogen and oxygen atoms in total. The van der Waals surface area contributed by atoms with Crippen molar-refractivity contribution < 1.29 is 4.39 Å². The average Bonchev–Trinajstić information content (AvgIpc) is 2.87. The third-order valence-electron chi connectivity index (χ3n) is 2.69. The van der Waals surface area contributed by atoms with Gasteiger partial charge in [-0.2, -0.15) is 0 Å². The molecular formula is C11H15FN2. The molecule has 1 aromatic rings. The Morgan fingerprint density at radius 3 is 2.79 bits per heavy atom. The Balaban J connectivity index is 1.99. The Morgan fingerprint density at radius 2 is 2.21 bits per heavy atom. The van der Waals surface area contributed by atoms with Crippen LogP contribution in [0.5, 0.6) is 0 Å². The zero-order valence-corrected chi connectivity index (χ0v) is 8.31. The van der Waals surface area contributed by atoms with Gasteiger partial charge < -0.3 is 11.1 Å². The van der Waals surface area contributed by atoms with Gasteiger partial charge in [0.1, 0.15) is 5.82 Å². The maximum Gasteiger partial charge on any atom is 0.126 e. The Labute approximate surface area is 83.3 Å². The van der Waals surface area contributed by atoms with E-state index in [1.165, 1.54) is 6.07 Å². The molecule has 3 heteroatoms. The summed E-state index contributed by atoms with van der Waals surface area (Å²) in [6, 6.07) is 5.03. The number of halogens is 1. The lowest BCUT2D eigenvalue weighted by Crippen LogP contribution is -2.31. The number of rotatable bonds is 3. The van der Waals surface area contributed by atoms with Crippen molar-refractivity contribution in [3.05, 3.63) is 29.6 Å². The second-order valence-electron chi connectivity index (χ2n) is 4.18. The predicted molar refractivity (Wildman–Crippen MR) is 55.8 cm³/mol. The maximum atomic E-state index is 12.9. The Morgan fingerprint density at radius 1 is 1.50 bits per heavy atom. The molecule has 1 aliphatic rings. The van der Waals surface area contributed by atoms with Crippen LogP contribution < -0.4 is 11.1 Å². The summed E-state index contributed by atoms with van der Waals surface area (Å²) in [7, 11) is 0. The van der Waals surface area contributed by atoms with E-state index in [9.17, 15) is 4.39 Å². The summed E-state index contributed by atoms with van der Waals surface area (Å²) in [5, 5.41) is 3.22. The molecule has 1 aliphatic carbocycles. The first kappa shape index (κ1) is 9.46. The number of nitrogens with two attached hydrogens (primary N) is 1. The van der Waals surface area contributed by atoms with Crippen molar-refractivity contribution in [2.75, 3.05) is 11.9 Å². The predicted octanol–water partition coefficient (Wildman–Crippen LogP) is 2.04. The molecule has 0 radical (unpaired) electrons. The highest BCUT2D eigenvalue weighted by atomic mass is 19.1. The molecule has 0 aliphatic heterocycles. The summed E-state index contributed by atoms with van der Waals surface area (Å²) in [4.78, 5) is 0. The van der Waals surface area contributed by atoms with Crippen molar-refractivity contribution in [1.29, 1.82) is 0 Å². The van der Waals surface area contributed by atoms with Gasteiger partial charge >= 0.3 is 0 Å². The normalized spacial score (nSPS) is 17.9. The summed E-state index contributed by atoms with van der Waals surface area (Å²) in [6.45, 7) is 2.54. The van der Waals surface area contributed by atoms with Crippen molar-refractivity contribution in [2.24, 2.45) is 5.73 Å². The second-order valence-corrected chi connectivity index (χ2v) is 4.18. The SMILES string of the molecule is Cc1cc(NCC2(N)CC2)ccc1F. The van der Waals surface area contributed by atoms with Crippen LogP contribution in [0.1, 0.15) is 18.4 Å². The molecule has 0 spiro atoms. The summed E-state index contributed by atoms with van der Waals surface area (Å²) in [6.07, 6.45) is 2.17. The van der Waals surface area contributed by atoms with Crippen molar-refractivity contribution in [3.8, 4) is 0 Å². The molecule has 14 heavy (non-hydrogen) atoms. The highest BCUT2D eigenvalue weighted by Gasteiger charge is 2.37. The molecule has 0 saturated heterocycles. The van der Waals surface area contributed by atoms with Crippen LogP contribution in [-0.2, 0) is 0 Å². The van der Waals surface area contributed by atoms with Crippen LogP contribution in [0.25, 0.3) is 0 Å². The molecular weight excluding hydrogens is 179 g/mol. The number of nitrogens with one attached hydrogen (secondary N) is 1. The third kappa shape index (κ3) is 2.04. The molecule has 3 N–H and O–H groups in total. The molecule has 0 amide bonds. The number of hydrogen-bond acceptors (Lipinski definition) is 2.